The fourth-order valence-corrected chi connectivity index (χ4v) is 1.93. The molecule has 104 valence electrons. The quantitative estimate of drug-likeness (QED) is 0.778. The summed E-state index contributed by atoms with van der Waals surface area (Å²) in [6, 6.07) is 8.04. The Balaban J connectivity index is 1.45. The minimum absolute atomic E-state index is 0.131. The number of carbonyl (C=O) groups is 1. The van der Waals surface area contributed by atoms with Gasteiger partial charge in [0, 0.05) is 19.0 Å². The Morgan fingerprint density at radius 2 is 2.00 bits per heavy atom. The molecule has 0 bridgehead atoms. The molecule has 6 nitrogen and oxygen atoms in total. The van der Waals surface area contributed by atoms with Gasteiger partial charge in [-0.3, -0.25) is 4.79 Å². The average Bonchev–Trinajstić information content (AvgIpc) is 3.27. The lowest BCUT2D eigenvalue weighted by Gasteiger charge is -2.05. The van der Waals surface area contributed by atoms with Crippen molar-refractivity contribution in [1.29, 1.82) is 0 Å². The Morgan fingerprint density at radius 3 is 2.80 bits per heavy atom. The van der Waals surface area contributed by atoms with Crippen molar-refractivity contribution in [2.24, 2.45) is 0 Å². The van der Waals surface area contributed by atoms with E-state index in [1.165, 1.54) is 0 Å². The summed E-state index contributed by atoms with van der Waals surface area (Å²) in [4.78, 5) is 15.9. The summed E-state index contributed by atoms with van der Waals surface area (Å²) in [5, 5.41) is 14.2. The van der Waals surface area contributed by atoms with Gasteiger partial charge in [0.15, 0.2) is 0 Å². The van der Waals surface area contributed by atoms with E-state index >= 15 is 0 Å². The number of benzene rings is 1. The lowest BCUT2D eigenvalue weighted by Crippen LogP contribution is -2.25. The van der Waals surface area contributed by atoms with Crippen LogP contribution < -0.4 is 10.6 Å². The zero-order valence-corrected chi connectivity index (χ0v) is 11.2. The van der Waals surface area contributed by atoms with Crippen molar-refractivity contribution in [1.82, 2.24) is 20.5 Å². The zero-order valence-electron chi connectivity index (χ0n) is 11.2. The molecule has 1 aromatic carbocycles. The molecule has 1 fully saturated rings. The number of nitrogens with one attached hydrogen (secondary N) is 2. The predicted octanol–water partition coefficient (Wildman–Crippen LogP) is 1.50. The number of carbonyl (C=O) groups excluding carboxylic acids is 1. The summed E-state index contributed by atoms with van der Waals surface area (Å²) in [6.45, 7) is 0.665. The summed E-state index contributed by atoms with van der Waals surface area (Å²) in [7, 11) is 0. The first-order valence-corrected chi connectivity index (χ1v) is 6.94. The Kier molecular flexibility index (Phi) is 3.71. The molecule has 1 amide bonds. The molecular weight excluding hydrogens is 254 g/mol. The molecule has 1 aliphatic rings. The smallest absolute Gasteiger partial charge is 0.243 e. The van der Waals surface area contributed by atoms with Crippen molar-refractivity contribution in [2.45, 2.75) is 31.7 Å². The maximum absolute atomic E-state index is 11.5. The largest absolute Gasteiger partial charge is 0.353 e. The number of aromatic nitrogens is 3. The third-order valence-corrected chi connectivity index (χ3v) is 3.17. The van der Waals surface area contributed by atoms with Gasteiger partial charge < -0.3 is 10.6 Å². The van der Waals surface area contributed by atoms with E-state index in [1.807, 2.05) is 24.3 Å². The number of fused-ring (bicyclic) bond motifs is 1. The van der Waals surface area contributed by atoms with E-state index in [2.05, 4.69) is 25.8 Å². The van der Waals surface area contributed by atoms with Crippen LogP contribution in [0.5, 0.6) is 0 Å². The van der Waals surface area contributed by atoms with Crippen molar-refractivity contribution in [3.05, 3.63) is 24.3 Å². The summed E-state index contributed by atoms with van der Waals surface area (Å²) in [5.41, 5.74) is 1.60. The van der Waals surface area contributed by atoms with E-state index in [1.54, 1.807) is 0 Å². The molecule has 0 aliphatic heterocycles. The minimum Gasteiger partial charge on any atom is -0.353 e. The predicted molar refractivity (Wildman–Crippen MR) is 76.2 cm³/mol. The number of hydrogen-bond acceptors (Lipinski definition) is 5. The van der Waals surface area contributed by atoms with Crippen LogP contribution in [0.2, 0.25) is 0 Å². The van der Waals surface area contributed by atoms with Gasteiger partial charge in [0.25, 0.3) is 0 Å². The molecule has 0 unspecified atom stereocenters. The van der Waals surface area contributed by atoms with Crippen LogP contribution in [-0.4, -0.2) is 33.7 Å². The Morgan fingerprint density at radius 1 is 1.20 bits per heavy atom. The van der Waals surface area contributed by atoms with E-state index in [0.29, 0.717) is 25.0 Å². The lowest BCUT2D eigenvalue weighted by molar-refractivity contribution is -0.121. The highest BCUT2D eigenvalue weighted by Gasteiger charge is 2.22. The van der Waals surface area contributed by atoms with Gasteiger partial charge in [-0.1, -0.05) is 12.1 Å². The number of rotatable bonds is 6. The monoisotopic (exact) mass is 271 g/mol. The van der Waals surface area contributed by atoms with Crippen LogP contribution in [0.15, 0.2) is 24.3 Å². The van der Waals surface area contributed by atoms with E-state index in [9.17, 15) is 4.79 Å². The molecule has 6 heteroatoms. The SMILES string of the molecule is O=C(CCCNc1nnc2ccccc2n1)NC1CC1. The van der Waals surface area contributed by atoms with E-state index in [0.717, 1.165) is 30.3 Å². The minimum atomic E-state index is 0.131. The second-order valence-electron chi connectivity index (χ2n) is 5.00. The van der Waals surface area contributed by atoms with Gasteiger partial charge in [0.05, 0.1) is 5.52 Å². The maximum Gasteiger partial charge on any atom is 0.243 e. The van der Waals surface area contributed by atoms with E-state index < -0.39 is 0 Å². The van der Waals surface area contributed by atoms with Crippen LogP contribution in [0.1, 0.15) is 25.7 Å². The summed E-state index contributed by atoms with van der Waals surface area (Å²) < 4.78 is 0. The molecule has 20 heavy (non-hydrogen) atoms. The van der Waals surface area contributed by atoms with Crippen LogP contribution in [0.4, 0.5) is 5.95 Å². The third kappa shape index (κ3) is 3.40. The van der Waals surface area contributed by atoms with Crippen LogP contribution in [0, 0.1) is 0 Å². The van der Waals surface area contributed by atoms with Crippen LogP contribution in [0.3, 0.4) is 0 Å². The van der Waals surface area contributed by atoms with E-state index in [4.69, 9.17) is 0 Å². The van der Waals surface area contributed by atoms with Gasteiger partial charge in [-0.2, -0.15) is 0 Å². The van der Waals surface area contributed by atoms with Crippen molar-refractivity contribution >= 4 is 22.9 Å². The van der Waals surface area contributed by atoms with Gasteiger partial charge in [0.2, 0.25) is 11.9 Å². The number of para-hydroxylation sites is 1. The Hall–Kier alpha value is -2.24. The topological polar surface area (TPSA) is 79.8 Å². The molecule has 0 atom stereocenters. The summed E-state index contributed by atoms with van der Waals surface area (Å²) in [5.74, 6) is 0.637. The van der Waals surface area contributed by atoms with Crippen LogP contribution in [0.25, 0.3) is 11.0 Å². The molecule has 1 aliphatic carbocycles. The Bertz CT molecular complexity index is 611. The maximum atomic E-state index is 11.5. The van der Waals surface area contributed by atoms with Gasteiger partial charge in [-0.25, -0.2) is 4.98 Å². The number of hydrogen-bond donors (Lipinski definition) is 2. The van der Waals surface area contributed by atoms with Gasteiger partial charge in [0.1, 0.15) is 5.52 Å². The number of amides is 1. The standard InChI is InChI=1S/C14H17N5O/c20-13(16-10-7-8-10)6-3-9-15-14-17-11-4-1-2-5-12(11)18-19-14/h1-2,4-5,10H,3,6-9H2,(H,16,20)(H,15,17,19). The third-order valence-electron chi connectivity index (χ3n) is 3.17. The van der Waals surface area contributed by atoms with Crippen molar-refractivity contribution in [3.63, 3.8) is 0 Å². The number of anilines is 1. The highest BCUT2D eigenvalue weighted by molar-refractivity contribution is 5.76. The first-order chi connectivity index (χ1) is 9.81. The zero-order chi connectivity index (χ0) is 13.8. The fourth-order valence-electron chi connectivity index (χ4n) is 1.93. The molecule has 1 heterocycles. The number of nitrogens with zero attached hydrogens (tertiary/aromatic N) is 3. The molecule has 0 spiro atoms. The molecule has 2 aromatic rings. The highest BCUT2D eigenvalue weighted by atomic mass is 16.1. The lowest BCUT2D eigenvalue weighted by atomic mass is 10.3. The van der Waals surface area contributed by atoms with Crippen molar-refractivity contribution < 1.29 is 4.79 Å². The highest BCUT2D eigenvalue weighted by Crippen LogP contribution is 2.18. The first-order valence-electron chi connectivity index (χ1n) is 6.94. The summed E-state index contributed by atoms with van der Waals surface area (Å²) >= 11 is 0. The van der Waals surface area contributed by atoms with Gasteiger partial charge >= 0.3 is 0 Å². The van der Waals surface area contributed by atoms with Crippen LogP contribution >= 0.6 is 0 Å². The molecule has 0 radical (unpaired) electrons. The molecular formula is C14H17N5O. The second kappa shape index (κ2) is 5.81. The van der Waals surface area contributed by atoms with Gasteiger partial charge in [-0.15, -0.1) is 10.2 Å². The summed E-state index contributed by atoms with van der Waals surface area (Å²) in [6.07, 6.45) is 3.54. The molecule has 3 rings (SSSR count). The molecule has 1 aromatic heterocycles. The fraction of sp³-hybridized carbons (Fsp3) is 0.429. The van der Waals surface area contributed by atoms with Crippen molar-refractivity contribution in [2.75, 3.05) is 11.9 Å². The average molecular weight is 271 g/mol. The van der Waals surface area contributed by atoms with Gasteiger partial charge in [-0.05, 0) is 31.4 Å². The molecule has 1 saturated carbocycles. The normalized spacial score (nSPS) is 14.2. The first kappa shape index (κ1) is 12.8. The Labute approximate surface area is 117 Å². The molecule has 0 saturated heterocycles. The molecule has 2 N–H and O–H groups in total. The van der Waals surface area contributed by atoms with Crippen LogP contribution in [-0.2, 0) is 4.79 Å². The second-order valence-corrected chi connectivity index (χ2v) is 5.00. The van der Waals surface area contributed by atoms with E-state index in [-0.39, 0.29) is 5.91 Å². The van der Waals surface area contributed by atoms with Crippen molar-refractivity contribution in [3.8, 4) is 0 Å².